The number of carboxylic acid groups (broad SMARTS) is 1. The van der Waals surface area contributed by atoms with Gasteiger partial charge in [-0.2, -0.15) is 0 Å². The number of rotatable bonds is 7. The van der Waals surface area contributed by atoms with Crippen LogP contribution >= 0.6 is 0 Å². The first-order chi connectivity index (χ1) is 14.4. The van der Waals surface area contributed by atoms with E-state index in [2.05, 4.69) is 42.6 Å². The van der Waals surface area contributed by atoms with Crippen molar-refractivity contribution in [1.82, 2.24) is 5.32 Å². The smallest absolute Gasteiger partial charge is 0.336 e. The van der Waals surface area contributed by atoms with Crippen molar-refractivity contribution >= 4 is 22.5 Å². The minimum absolute atomic E-state index is 0.119. The van der Waals surface area contributed by atoms with E-state index in [0.29, 0.717) is 18.4 Å². The summed E-state index contributed by atoms with van der Waals surface area (Å²) in [7, 11) is 0. The Bertz CT molecular complexity index is 1070. The number of Topliss-reactive ketones (excluding diaryl/α,β-unsaturated/α-hetero) is 1. The number of ketones is 1. The Morgan fingerprint density at radius 2 is 1.63 bits per heavy atom. The molecule has 5 heteroatoms. The summed E-state index contributed by atoms with van der Waals surface area (Å²) in [6.45, 7) is 2.12. The van der Waals surface area contributed by atoms with Crippen molar-refractivity contribution in [3.63, 3.8) is 0 Å². The van der Waals surface area contributed by atoms with Crippen molar-refractivity contribution < 1.29 is 14.7 Å². The number of fused-ring (bicyclic) bond motifs is 1. The van der Waals surface area contributed by atoms with E-state index in [4.69, 9.17) is 5.73 Å². The van der Waals surface area contributed by atoms with Crippen LogP contribution in [0.4, 0.5) is 0 Å². The molecule has 0 aromatic heterocycles. The average Bonchev–Trinajstić information content (AvgIpc) is 2.74. The zero-order valence-corrected chi connectivity index (χ0v) is 16.9. The number of hydrogen-bond donors (Lipinski definition) is 3. The van der Waals surface area contributed by atoms with Crippen LogP contribution in [0.2, 0.25) is 0 Å². The van der Waals surface area contributed by atoms with Gasteiger partial charge in [0, 0.05) is 18.0 Å². The van der Waals surface area contributed by atoms with E-state index in [1.165, 1.54) is 16.3 Å². The lowest BCUT2D eigenvalue weighted by Gasteiger charge is -2.40. The molecule has 154 valence electrons. The van der Waals surface area contributed by atoms with E-state index in [9.17, 15) is 14.7 Å². The van der Waals surface area contributed by atoms with Gasteiger partial charge in [-0.05, 0) is 41.7 Å². The summed E-state index contributed by atoms with van der Waals surface area (Å²) in [4.78, 5) is 24.9. The minimum atomic E-state index is -2.00. The summed E-state index contributed by atoms with van der Waals surface area (Å²) in [6.07, 6.45) is 1.18. The molecule has 3 aromatic carbocycles. The molecule has 1 aliphatic rings. The van der Waals surface area contributed by atoms with Crippen LogP contribution in [0.5, 0.6) is 0 Å². The Morgan fingerprint density at radius 3 is 2.33 bits per heavy atom. The number of carbonyl (C=O) groups is 2. The van der Waals surface area contributed by atoms with Gasteiger partial charge in [-0.15, -0.1) is 0 Å². The maximum absolute atomic E-state index is 13.0. The van der Waals surface area contributed by atoms with Crippen molar-refractivity contribution in [3.8, 4) is 0 Å². The first-order valence-electron chi connectivity index (χ1n) is 10.3. The largest absolute Gasteiger partial charge is 0.479 e. The van der Waals surface area contributed by atoms with Crippen LogP contribution in [0.3, 0.4) is 0 Å². The van der Waals surface area contributed by atoms with Crippen molar-refractivity contribution in [2.24, 2.45) is 11.7 Å². The molecule has 0 aliphatic heterocycles. The predicted octanol–water partition coefficient (Wildman–Crippen LogP) is 3.78. The van der Waals surface area contributed by atoms with Crippen LogP contribution in [0, 0.1) is 5.92 Å². The molecular formula is C25H26N2O3. The van der Waals surface area contributed by atoms with Gasteiger partial charge in [0.1, 0.15) is 0 Å². The Morgan fingerprint density at radius 1 is 1.00 bits per heavy atom. The summed E-state index contributed by atoms with van der Waals surface area (Å²) in [5, 5.41) is 15.7. The third-order valence-corrected chi connectivity index (χ3v) is 6.24. The molecule has 2 atom stereocenters. The second-order valence-corrected chi connectivity index (χ2v) is 8.17. The molecule has 0 amide bonds. The first-order valence-corrected chi connectivity index (χ1v) is 10.3. The van der Waals surface area contributed by atoms with Crippen molar-refractivity contribution in [2.45, 2.75) is 37.4 Å². The Hall–Kier alpha value is -3.02. The molecule has 0 radical (unpaired) electrons. The van der Waals surface area contributed by atoms with Gasteiger partial charge < -0.3 is 16.2 Å². The van der Waals surface area contributed by atoms with Gasteiger partial charge in [0.2, 0.25) is 0 Å². The zero-order valence-electron chi connectivity index (χ0n) is 16.9. The topological polar surface area (TPSA) is 92.4 Å². The minimum Gasteiger partial charge on any atom is -0.479 e. The fourth-order valence-corrected chi connectivity index (χ4v) is 4.43. The summed E-state index contributed by atoms with van der Waals surface area (Å²) < 4.78 is 0. The quantitative estimate of drug-likeness (QED) is 0.523. The highest BCUT2D eigenvalue weighted by atomic mass is 16.4. The lowest BCUT2D eigenvalue weighted by molar-refractivity contribution is -0.151. The van der Waals surface area contributed by atoms with Crippen LogP contribution in [0.25, 0.3) is 10.8 Å². The second-order valence-electron chi connectivity index (χ2n) is 8.17. The number of nitrogens with two attached hydrogens (primary N) is 1. The predicted molar refractivity (Wildman–Crippen MR) is 117 cm³/mol. The molecule has 30 heavy (non-hydrogen) atoms. The molecule has 1 saturated carbocycles. The van der Waals surface area contributed by atoms with E-state index in [-0.39, 0.29) is 18.0 Å². The molecule has 0 bridgehead atoms. The highest BCUT2D eigenvalue weighted by molar-refractivity contribution is 6.09. The van der Waals surface area contributed by atoms with Gasteiger partial charge in [-0.1, -0.05) is 72.8 Å². The number of benzene rings is 3. The molecule has 4 rings (SSSR count). The summed E-state index contributed by atoms with van der Waals surface area (Å²) in [5.41, 5.74) is 5.68. The molecular weight excluding hydrogens is 376 g/mol. The maximum Gasteiger partial charge on any atom is 0.336 e. The second kappa shape index (κ2) is 8.01. The fourth-order valence-electron chi connectivity index (χ4n) is 4.43. The molecule has 3 aromatic rings. The van der Waals surface area contributed by atoms with Crippen molar-refractivity contribution in [1.29, 1.82) is 0 Å². The Labute approximate surface area is 175 Å². The molecule has 1 aliphatic carbocycles. The van der Waals surface area contributed by atoms with Gasteiger partial charge in [-0.3, -0.25) is 4.79 Å². The van der Waals surface area contributed by atoms with Crippen LogP contribution in [-0.4, -0.2) is 22.9 Å². The van der Waals surface area contributed by atoms with Gasteiger partial charge in [0.15, 0.2) is 11.3 Å². The number of carbonyl (C=O) groups excluding carboxylic acids is 1. The summed E-state index contributed by atoms with van der Waals surface area (Å²) in [6, 6.07) is 23.2. The molecule has 5 nitrogen and oxygen atoms in total. The van der Waals surface area contributed by atoms with Gasteiger partial charge >= 0.3 is 5.97 Å². The average molecular weight is 402 g/mol. The normalized spacial score (nSPS) is 21.4. The molecule has 0 heterocycles. The SMILES string of the molecule is C[C@@H](NC1CC(C(=O)C(N)(C(=O)O)c2ccccc2)C1)c1cccc2ccccc12. The lowest BCUT2D eigenvalue weighted by Crippen LogP contribution is -2.58. The van der Waals surface area contributed by atoms with Gasteiger partial charge in [0.25, 0.3) is 0 Å². The third-order valence-electron chi connectivity index (χ3n) is 6.24. The van der Waals surface area contributed by atoms with Gasteiger partial charge in [0.05, 0.1) is 0 Å². The number of carboxylic acids is 1. The highest BCUT2D eigenvalue weighted by Gasteiger charge is 2.50. The van der Waals surface area contributed by atoms with Gasteiger partial charge in [-0.25, -0.2) is 4.79 Å². The van der Waals surface area contributed by atoms with Crippen LogP contribution in [-0.2, 0) is 15.1 Å². The Balaban J connectivity index is 1.44. The maximum atomic E-state index is 13.0. The van der Waals surface area contributed by atoms with Crippen LogP contribution < -0.4 is 11.1 Å². The number of aliphatic carboxylic acids is 1. The summed E-state index contributed by atoms with van der Waals surface area (Å²) >= 11 is 0. The molecule has 0 spiro atoms. The van der Waals surface area contributed by atoms with E-state index in [1.54, 1.807) is 30.3 Å². The fraction of sp³-hybridized carbons (Fsp3) is 0.280. The highest BCUT2D eigenvalue weighted by Crippen LogP contribution is 2.36. The molecule has 4 N–H and O–H groups in total. The Kier molecular flexibility index (Phi) is 5.41. The van der Waals surface area contributed by atoms with Crippen molar-refractivity contribution in [3.05, 3.63) is 83.9 Å². The van der Waals surface area contributed by atoms with E-state index >= 15 is 0 Å². The third kappa shape index (κ3) is 3.51. The van der Waals surface area contributed by atoms with E-state index in [1.807, 2.05) is 12.1 Å². The first kappa shape index (κ1) is 20.3. The van der Waals surface area contributed by atoms with Crippen molar-refractivity contribution in [2.75, 3.05) is 0 Å². The van der Waals surface area contributed by atoms with E-state index in [0.717, 1.165) is 0 Å². The standard InChI is InChI=1S/C25H26N2O3/c1-16(21-13-7-9-17-8-5-6-12-22(17)21)27-20-14-18(15-20)23(28)25(26,24(29)30)19-10-3-2-4-11-19/h2-13,16,18,20,27H,14-15,26H2,1H3,(H,29,30)/t16-,18?,20?,25?/m1/s1. The van der Waals surface area contributed by atoms with Crippen LogP contribution in [0.1, 0.15) is 36.9 Å². The number of hydrogen-bond acceptors (Lipinski definition) is 4. The van der Waals surface area contributed by atoms with Crippen LogP contribution in [0.15, 0.2) is 72.8 Å². The zero-order chi connectivity index (χ0) is 21.3. The van der Waals surface area contributed by atoms with E-state index < -0.39 is 17.3 Å². The summed E-state index contributed by atoms with van der Waals surface area (Å²) in [5.74, 6) is -2.08. The molecule has 0 saturated heterocycles. The number of nitrogens with one attached hydrogen (secondary N) is 1. The molecule has 1 fully saturated rings. The molecule has 1 unspecified atom stereocenters. The monoisotopic (exact) mass is 402 g/mol. The lowest BCUT2D eigenvalue weighted by atomic mass is 9.70.